The van der Waals surface area contributed by atoms with Crippen molar-refractivity contribution >= 4 is 28.5 Å². The van der Waals surface area contributed by atoms with Crippen molar-refractivity contribution in [3.05, 3.63) is 64.1 Å². The highest BCUT2D eigenvalue weighted by Gasteiger charge is 2.22. The number of para-hydroxylation sites is 1. The van der Waals surface area contributed by atoms with Crippen LogP contribution in [0.1, 0.15) is 68.8 Å². The first-order chi connectivity index (χ1) is 17.0. The topological polar surface area (TPSA) is 67.6 Å². The third-order valence-corrected chi connectivity index (χ3v) is 7.02. The van der Waals surface area contributed by atoms with E-state index in [0.29, 0.717) is 38.3 Å². The minimum absolute atomic E-state index is 0.0239. The fraction of sp³-hybridized carbons (Fsp3) is 0.464. The Bertz CT molecular complexity index is 1270. The van der Waals surface area contributed by atoms with Crippen LogP contribution in [0.5, 0.6) is 0 Å². The standard InChI is InChI=1S/C28H36N4O3/c1-4-30-25-16-15-22(19-26(25)31(5-2)28(30)35)27(34)29-17-11-7-6-8-12-18-32(21(3)33)24-14-10-9-13-23(24)20-29/h9-10,13-16,19H,4-8,11-12,17-18,20H2,1-3H3. The van der Waals surface area contributed by atoms with Crippen molar-refractivity contribution in [3.63, 3.8) is 0 Å². The average molecular weight is 477 g/mol. The summed E-state index contributed by atoms with van der Waals surface area (Å²) in [4.78, 5) is 42.8. The Kier molecular flexibility index (Phi) is 7.73. The lowest BCUT2D eigenvalue weighted by Crippen LogP contribution is -2.34. The maximum atomic E-state index is 13.8. The SMILES string of the molecule is CCn1c(=O)n(CC)c2cc(C(=O)N3CCCCCCCN(C(C)=O)c4ccccc4C3)ccc21. The summed E-state index contributed by atoms with van der Waals surface area (Å²) in [6.45, 7) is 8.44. The third kappa shape index (κ3) is 5.04. The second-order valence-electron chi connectivity index (χ2n) is 9.27. The smallest absolute Gasteiger partial charge is 0.329 e. The minimum atomic E-state index is -0.0486. The van der Waals surface area contributed by atoms with Crippen molar-refractivity contribution in [2.75, 3.05) is 18.0 Å². The van der Waals surface area contributed by atoms with Crippen LogP contribution >= 0.6 is 0 Å². The van der Waals surface area contributed by atoms with E-state index in [2.05, 4.69) is 0 Å². The molecular formula is C28H36N4O3. The number of carbonyl (C=O) groups is 2. The molecule has 2 amide bonds. The van der Waals surface area contributed by atoms with Gasteiger partial charge >= 0.3 is 5.69 Å². The van der Waals surface area contributed by atoms with Gasteiger partial charge in [-0.15, -0.1) is 0 Å². The molecule has 0 aliphatic carbocycles. The number of nitrogens with zero attached hydrogens (tertiary/aromatic N) is 4. The second-order valence-corrected chi connectivity index (χ2v) is 9.27. The molecular weight excluding hydrogens is 440 g/mol. The van der Waals surface area contributed by atoms with E-state index in [4.69, 9.17) is 0 Å². The zero-order chi connectivity index (χ0) is 24.9. The van der Waals surface area contributed by atoms with E-state index in [1.54, 1.807) is 16.1 Å². The number of anilines is 1. The van der Waals surface area contributed by atoms with Gasteiger partial charge in [-0.1, -0.05) is 37.5 Å². The molecule has 4 rings (SSSR count). The first kappa shape index (κ1) is 24.8. The fourth-order valence-corrected chi connectivity index (χ4v) is 5.16. The highest BCUT2D eigenvalue weighted by Crippen LogP contribution is 2.26. The van der Waals surface area contributed by atoms with Gasteiger partial charge in [0.05, 0.1) is 11.0 Å². The summed E-state index contributed by atoms with van der Waals surface area (Å²) >= 11 is 0. The lowest BCUT2D eigenvalue weighted by Gasteiger charge is -2.29. The van der Waals surface area contributed by atoms with E-state index >= 15 is 0 Å². The third-order valence-electron chi connectivity index (χ3n) is 7.02. The molecule has 1 aliphatic rings. The maximum Gasteiger partial charge on any atom is 0.329 e. The molecule has 2 heterocycles. The maximum absolute atomic E-state index is 13.8. The Morgan fingerprint density at radius 3 is 2.20 bits per heavy atom. The number of hydrogen-bond acceptors (Lipinski definition) is 3. The van der Waals surface area contributed by atoms with Crippen LogP contribution in [-0.2, 0) is 24.4 Å². The first-order valence-electron chi connectivity index (χ1n) is 12.8. The molecule has 0 unspecified atom stereocenters. The average Bonchev–Trinajstić information content (AvgIpc) is 3.13. The quantitative estimate of drug-likeness (QED) is 0.545. The van der Waals surface area contributed by atoms with Gasteiger partial charge in [-0.3, -0.25) is 18.7 Å². The first-order valence-corrected chi connectivity index (χ1v) is 12.8. The van der Waals surface area contributed by atoms with Crippen LogP contribution < -0.4 is 10.6 Å². The van der Waals surface area contributed by atoms with Gasteiger partial charge in [-0.25, -0.2) is 4.79 Å². The highest BCUT2D eigenvalue weighted by atomic mass is 16.2. The van der Waals surface area contributed by atoms with Gasteiger partial charge in [-0.2, -0.15) is 0 Å². The minimum Gasteiger partial charge on any atom is -0.334 e. The normalized spacial score (nSPS) is 15.4. The number of benzene rings is 2. The molecule has 0 N–H and O–H groups in total. The molecule has 7 nitrogen and oxygen atoms in total. The second kappa shape index (κ2) is 10.9. The van der Waals surface area contributed by atoms with Crippen LogP contribution in [0.3, 0.4) is 0 Å². The molecule has 3 aromatic rings. The van der Waals surface area contributed by atoms with Crippen molar-refractivity contribution < 1.29 is 9.59 Å². The molecule has 0 spiro atoms. The Morgan fingerprint density at radius 1 is 0.829 bits per heavy atom. The van der Waals surface area contributed by atoms with Crippen molar-refractivity contribution in [1.82, 2.24) is 14.0 Å². The number of fused-ring (bicyclic) bond motifs is 2. The van der Waals surface area contributed by atoms with Gasteiger partial charge in [0.25, 0.3) is 5.91 Å². The predicted octanol–water partition coefficient (Wildman–Crippen LogP) is 4.80. The van der Waals surface area contributed by atoms with E-state index < -0.39 is 0 Å². The number of amides is 2. The fourth-order valence-electron chi connectivity index (χ4n) is 5.16. The Hall–Kier alpha value is -3.35. The van der Waals surface area contributed by atoms with E-state index in [0.717, 1.165) is 54.4 Å². The molecule has 2 aromatic carbocycles. The summed E-state index contributed by atoms with van der Waals surface area (Å²) in [5, 5.41) is 0. The van der Waals surface area contributed by atoms with Crippen LogP contribution in [0.15, 0.2) is 47.3 Å². The van der Waals surface area contributed by atoms with E-state index in [9.17, 15) is 14.4 Å². The molecule has 0 bridgehead atoms. The lowest BCUT2D eigenvalue weighted by molar-refractivity contribution is -0.116. The van der Waals surface area contributed by atoms with Gasteiger partial charge in [0, 0.05) is 50.9 Å². The highest BCUT2D eigenvalue weighted by molar-refractivity contribution is 5.98. The zero-order valence-electron chi connectivity index (χ0n) is 21.1. The van der Waals surface area contributed by atoms with Gasteiger partial charge in [-0.05, 0) is 56.5 Å². The van der Waals surface area contributed by atoms with Crippen LogP contribution in [0.25, 0.3) is 11.0 Å². The predicted molar refractivity (Wildman–Crippen MR) is 140 cm³/mol. The van der Waals surface area contributed by atoms with Crippen molar-refractivity contribution in [1.29, 1.82) is 0 Å². The summed E-state index contributed by atoms with van der Waals surface area (Å²) in [6.07, 6.45) is 5.14. The molecule has 1 aromatic heterocycles. The van der Waals surface area contributed by atoms with Crippen LogP contribution in [0.2, 0.25) is 0 Å². The summed E-state index contributed by atoms with van der Waals surface area (Å²) in [7, 11) is 0. The largest absolute Gasteiger partial charge is 0.334 e. The molecule has 0 atom stereocenters. The van der Waals surface area contributed by atoms with Gasteiger partial charge in [0.1, 0.15) is 0 Å². The molecule has 0 radical (unpaired) electrons. The van der Waals surface area contributed by atoms with Crippen LogP contribution in [-0.4, -0.2) is 38.9 Å². The number of hydrogen-bond donors (Lipinski definition) is 0. The van der Waals surface area contributed by atoms with E-state index in [1.165, 1.54) is 0 Å². The Balaban J connectivity index is 1.72. The molecule has 0 fully saturated rings. The van der Waals surface area contributed by atoms with E-state index in [-0.39, 0.29) is 17.5 Å². The molecule has 7 heteroatoms. The number of imidazole rings is 1. The number of aromatic nitrogens is 2. The Labute approximate surface area is 206 Å². The summed E-state index contributed by atoms with van der Waals surface area (Å²) in [6, 6.07) is 13.5. The van der Waals surface area contributed by atoms with Crippen LogP contribution in [0, 0.1) is 0 Å². The number of rotatable bonds is 3. The van der Waals surface area contributed by atoms with Crippen molar-refractivity contribution in [2.24, 2.45) is 0 Å². The number of aryl methyl sites for hydroxylation is 2. The summed E-state index contributed by atoms with van der Waals surface area (Å²) < 4.78 is 3.47. The molecule has 186 valence electrons. The lowest BCUT2D eigenvalue weighted by atomic mass is 10.1. The van der Waals surface area contributed by atoms with Gasteiger partial charge < -0.3 is 9.80 Å². The van der Waals surface area contributed by atoms with Crippen LogP contribution in [0.4, 0.5) is 5.69 Å². The van der Waals surface area contributed by atoms with Gasteiger partial charge in [0.15, 0.2) is 0 Å². The van der Waals surface area contributed by atoms with Crippen molar-refractivity contribution in [3.8, 4) is 0 Å². The molecule has 0 saturated carbocycles. The molecule has 0 saturated heterocycles. The summed E-state index contributed by atoms with van der Waals surface area (Å²) in [5.74, 6) is -0.0247. The van der Waals surface area contributed by atoms with Gasteiger partial charge in [0.2, 0.25) is 5.91 Å². The van der Waals surface area contributed by atoms with E-state index in [1.807, 2.05) is 66.1 Å². The van der Waals surface area contributed by atoms with Crippen molar-refractivity contribution in [2.45, 2.75) is 72.5 Å². The molecule has 1 aliphatic heterocycles. The monoisotopic (exact) mass is 476 g/mol. The zero-order valence-corrected chi connectivity index (χ0v) is 21.1. The molecule has 35 heavy (non-hydrogen) atoms. The summed E-state index contributed by atoms with van der Waals surface area (Å²) in [5.41, 5.74) is 4.05. The Morgan fingerprint density at radius 2 is 1.49 bits per heavy atom. The number of carbonyl (C=O) groups excluding carboxylic acids is 2.